The molecule has 5 heteroatoms. The van der Waals surface area contributed by atoms with E-state index in [4.69, 9.17) is 9.47 Å². The van der Waals surface area contributed by atoms with Gasteiger partial charge < -0.3 is 14.6 Å². The number of esters is 2. The van der Waals surface area contributed by atoms with Gasteiger partial charge in [-0.05, 0) is 18.8 Å². The van der Waals surface area contributed by atoms with Crippen LogP contribution in [0.15, 0.2) is 0 Å². The molecule has 0 saturated heterocycles. The fraction of sp³-hybridized carbons (Fsp3) is 0.938. The normalized spacial score (nSPS) is 12.1. The molecule has 0 spiro atoms. The zero-order valence-electron chi connectivity index (χ0n) is 24.9. The summed E-state index contributed by atoms with van der Waals surface area (Å²) in [6, 6.07) is 0. The van der Waals surface area contributed by atoms with E-state index >= 15 is 0 Å². The average molecular weight is 527 g/mol. The Morgan fingerprint density at radius 2 is 0.865 bits per heavy atom. The predicted octanol–water partition coefficient (Wildman–Crippen LogP) is 9.08. The third-order valence-corrected chi connectivity index (χ3v) is 7.02. The van der Waals surface area contributed by atoms with Gasteiger partial charge in [0, 0.05) is 12.8 Å². The molecule has 5 nitrogen and oxygen atoms in total. The highest BCUT2D eigenvalue weighted by Gasteiger charge is 2.12. The van der Waals surface area contributed by atoms with Gasteiger partial charge in [-0.15, -0.1) is 0 Å². The van der Waals surface area contributed by atoms with Crippen molar-refractivity contribution < 1.29 is 24.2 Å². The van der Waals surface area contributed by atoms with Gasteiger partial charge in [0.05, 0.1) is 0 Å². The number of ether oxygens (including phenoxy) is 2. The summed E-state index contributed by atoms with van der Waals surface area (Å²) < 4.78 is 10.2. The van der Waals surface area contributed by atoms with E-state index in [-0.39, 0.29) is 25.2 Å². The summed E-state index contributed by atoms with van der Waals surface area (Å²) in [5, 5.41) is 9.92. The maximum absolute atomic E-state index is 11.9. The Bertz CT molecular complexity index is 505. The van der Waals surface area contributed by atoms with Gasteiger partial charge in [0.2, 0.25) is 0 Å². The van der Waals surface area contributed by atoms with Crippen LogP contribution < -0.4 is 0 Å². The van der Waals surface area contributed by atoms with E-state index in [2.05, 4.69) is 20.8 Å². The minimum absolute atomic E-state index is 0.110. The van der Waals surface area contributed by atoms with E-state index in [0.29, 0.717) is 12.8 Å². The molecule has 0 radical (unpaired) electrons. The van der Waals surface area contributed by atoms with Crippen LogP contribution in [0.5, 0.6) is 0 Å². The number of hydrogen-bond donors (Lipinski definition) is 1. The smallest absolute Gasteiger partial charge is 0.305 e. The van der Waals surface area contributed by atoms with E-state index in [9.17, 15) is 14.7 Å². The number of aliphatic hydroxyl groups excluding tert-OH is 1. The number of carbonyl (C=O) groups is 2. The summed E-state index contributed by atoms with van der Waals surface area (Å²) in [5.41, 5.74) is 0. The van der Waals surface area contributed by atoms with Crippen LogP contribution in [0, 0.1) is 5.92 Å². The molecule has 0 aromatic heterocycles. The maximum atomic E-state index is 11.9. The molecule has 0 aliphatic carbocycles. The first-order chi connectivity index (χ1) is 18.0. The third-order valence-electron chi connectivity index (χ3n) is 7.02. The van der Waals surface area contributed by atoms with Crippen molar-refractivity contribution in [3.63, 3.8) is 0 Å². The molecule has 0 heterocycles. The van der Waals surface area contributed by atoms with Crippen molar-refractivity contribution in [2.24, 2.45) is 5.92 Å². The van der Waals surface area contributed by atoms with E-state index in [0.717, 1.165) is 38.0 Å². The molecule has 220 valence electrons. The van der Waals surface area contributed by atoms with Crippen LogP contribution in [0.4, 0.5) is 0 Å². The molecule has 1 atom stereocenters. The quantitative estimate of drug-likeness (QED) is 0.0813. The van der Waals surface area contributed by atoms with Gasteiger partial charge >= 0.3 is 11.9 Å². The fourth-order valence-corrected chi connectivity index (χ4v) is 4.56. The molecule has 1 N–H and O–H groups in total. The first-order valence-corrected chi connectivity index (χ1v) is 15.9. The molecule has 0 aliphatic rings. The molecule has 0 aromatic rings. The Labute approximate surface area is 229 Å². The van der Waals surface area contributed by atoms with Gasteiger partial charge in [-0.3, -0.25) is 9.59 Å². The van der Waals surface area contributed by atoms with Crippen LogP contribution in [0.3, 0.4) is 0 Å². The van der Waals surface area contributed by atoms with E-state index in [1.54, 1.807) is 0 Å². The van der Waals surface area contributed by atoms with Gasteiger partial charge in [-0.2, -0.15) is 0 Å². The summed E-state index contributed by atoms with van der Waals surface area (Å²) in [5.74, 6) is 0.216. The second-order valence-electron chi connectivity index (χ2n) is 11.4. The zero-order chi connectivity index (χ0) is 27.4. The molecule has 0 saturated carbocycles. The number of unbranched alkanes of at least 4 members (excludes halogenated alkanes) is 18. The molecule has 0 aromatic carbocycles. The summed E-state index contributed by atoms with van der Waals surface area (Å²) in [6.45, 7) is 6.56. The first-order valence-electron chi connectivity index (χ1n) is 15.9. The molecule has 37 heavy (non-hydrogen) atoms. The predicted molar refractivity (Wildman–Crippen MR) is 155 cm³/mol. The van der Waals surface area contributed by atoms with Gasteiger partial charge in [-0.25, -0.2) is 0 Å². The van der Waals surface area contributed by atoms with Crippen molar-refractivity contribution in [1.82, 2.24) is 0 Å². The lowest BCUT2D eigenvalue weighted by Crippen LogP contribution is -2.25. The van der Waals surface area contributed by atoms with Gasteiger partial charge in [-0.1, -0.05) is 143 Å². The Kier molecular flexibility index (Phi) is 27.1. The lowest BCUT2D eigenvalue weighted by atomic mass is 10.0. The molecule has 0 bridgehead atoms. The molecular formula is C32H62O5. The Hall–Kier alpha value is -1.10. The fourth-order valence-electron chi connectivity index (χ4n) is 4.56. The van der Waals surface area contributed by atoms with Crippen LogP contribution in [0.25, 0.3) is 0 Å². The number of aliphatic hydroxyl groups is 1. The van der Waals surface area contributed by atoms with Crippen LogP contribution in [-0.2, 0) is 19.1 Å². The number of rotatable bonds is 28. The van der Waals surface area contributed by atoms with Crippen molar-refractivity contribution in [3.05, 3.63) is 0 Å². The largest absolute Gasteiger partial charge is 0.463 e. The highest BCUT2D eigenvalue weighted by Crippen LogP contribution is 2.14. The summed E-state index contributed by atoms with van der Waals surface area (Å²) in [4.78, 5) is 23.7. The molecule has 0 fully saturated rings. The molecule has 0 amide bonds. The van der Waals surface area contributed by atoms with Crippen LogP contribution in [0.2, 0.25) is 0 Å². The first kappa shape index (κ1) is 35.9. The minimum Gasteiger partial charge on any atom is -0.463 e. The summed E-state index contributed by atoms with van der Waals surface area (Å²) in [6.07, 6.45) is 25.9. The Balaban J connectivity index is 3.41. The SMILES string of the molecule is CCCCCCCCCCCCCCCCC(=O)OC[C@@H](O)COC(=O)CCCCCCCCC(C)C. The standard InChI is InChI=1S/C32H62O5/c1-4-5-6-7-8-9-10-11-12-13-14-15-19-22-25-31(34)36-27-30(33)28-37-32(35)26-23-20-17-16-18-21-24-29(2)3/h29-30,33H,4-28H2,1-3H3/t30-/m1/s1. The van der Waals surface area contributed by atoms with Crippen molar-refractivity contribution >= 4 is 11.9 Å². The van der Waals surface area contributed by atoms with Crippen molar-refractivity contribution in [1.29, 1.82) is 0 Å². The number of carbonyl (C=O) groups excluding carboxylic acids is 2. The monoisotopic (exact) mass is 526 g/mol. The Morgan fingerprint density at radius 3 is 1.22 bits per heavy atom. The number of hydrogen-bond acceptors (Lipinski definition) is 5. The third kappa shape index (κ3) is 29.3. The molecular weight excluding hydrogens is 464 g/mol. The average Bonchev–Trinajstić information content (AvgIpc) is 2.87. The molecule has 0 unspecified atom stereocenters. The Morgan fingerprint density at radius 1 is 0.541 bits per heavy atom. The second kappa shape index (κ2) is 27.9. The molecule has 0 rings (SSSR count). The lowest BCUT2D eigenvalue weighted by molar-refractivity contribution is -0.152. The van der Waals surface area contributed by atoms with Gasteiger partial charge in [0.15, 0.2) is 0 Å². The maximum Gasteiger partial charge on any atom is 0.305 e. The zero-order valence-corrected chi connectivity index (χ0v) is 24.9. The van der Waals surface area contributed by atoms with E-state index < -0.39 is 6.10 Å². The summed E-state index contributed by atoms with van der Waals surface area (Å²) in [7, 11) is 0. The van der Waals surface area contributed by atoms with Crippen molar-refractivity contribution in [3.8, 4) is 0 Å². The minimum atomic E-state index is -0.954. The molecule has 0 aliphatic heterocycles. The van der Waals surface area contributed by atoms with E-state index in [1.807, 2.05) is 0 Å². The van der Waals surface area contributed by atoms with Gasteiger partial charge in [0.25, 0.3) is 0 Å². The second-order valence-corrected chi connectivity index (χ2v) is 11.4. The highest BCUT2D eigenvalue weighted by molar-refractivity contribution is 5.69. The van der Waals surface area contributed by atoms with Crippen LogP contribution >= 0.6 is 0 Å². The van der Waals surface area contributed by atoms with E-state index in [1.165, 1.54) is 103 Å². The highest BCUT2D eigenvalue weighted by atomic mass is 16.6. The van der Waals surface area contributed by atoms with Crippen molar-refractivity contribution in [2.45, 2.75) is 175 Å². The lowest BCUT2D eigenvalue weighted by Gasteiger charge is -2.12. The van der Waals surface area contributed by atoms with Crippen LogP contribution in [-0.4, -0.2) is 36.4 Å². The van der Waals surface area contributed by atoms with Gasteiger partial charge in [0.1, 0.15) is 19.3 Å². The topological polar surface area (TPSA) is 72.8 Å². The van der Waals surface area contributed by atoms with Crippen LogP contribution in [0.1, 0.15) is 168 Å². The van der Waals surface area contributed by atoms with Crippen molar-refractivity contribution in [2.75, 3.05) is 13.2 Å². The summed E-state index contributed by atoms with van der Waals surface area (Å²) >= 11 is 0.